The molecule has 0 saturated carbocycles. The minimum atomic E-state index is -0.990. The molecule has 2 aliphatic rings. The van der Waals surface area contributed by atoms with Crippen molar-refractivity contribution in [3.63, 3.8) is 0 Å². The van der Waals surface area contributed by atoms with Gasteiger partial charge in [-0.25, -0.2) is 4.79 Å². The molecule has 11 nitrogen and oxygen atoms in total. The normalized spacial score (nSPS) is 17.6. The smallest absolute Gasteiger partial charge is 0.332 e. The van der Waals surface area contributed by atoms with E-state index < -0.39 is 35.6 Å². The van der Waals surface area contributed by atoms with E-state index in [1.807, 2.05) is 6.92 Å². The first kappa shape index (κ1) is 25.3. The number of imide groups is 2. The molecule has 34 heavy (non-hydrogen) atoms. The van der Waals surface area contributed by atoms with Crippen molar-refractivity contribution in [1.82, 2.24) is 10.2 Å². The van der Waals surface area contributed by atoms with Crippen LogP contribution in [0, 0.1) is 0 Å². The van der Waals surface area contributed by atoms with Crippen LogP contribution >= 0.6 is 0 Å². The highest BCUT2D eigenvalue weighted by Gasteiger charge is 2.44. The van der Waals surface area contributed by atoms with Crippen LogP contribution < -0.4 is 10.6 Å². The van der Waals surface area contributed by atoms with Gasteiger partial charge in [0, 0.05) is 18.7 Å². The fourth-order valence-electron chi connectivity index (χ4n) is 3.60. The van der Waals surface area contributed by atoms with Crippen LogP contribution in [0.3, 0.4) is 0 Å². The van der Waals surface area contributed by atoms with Crippen LogP contribution in [0.15, 0.2) is 18.2 Å². The summed E-state index contributed by atoms with van der Waals surface area (Å²) in [6.45, 7) is 3.67. The van der Waals surface area contributed by atoms with Gasteiger partial charge in [0.05, 0.1) is 37.6 Å². The topological polar surface area (TPSA) is 140 Å². The Morgan fingerprint density at radius 3 is 2.59 bits per heavy atom. The van der Waals surface area contributed by atoms with Crippen molar-refractivity contribution in [1.29, 1.82) is 0 Å². The largest absolute Gasteiger partial charge is 0.464 e. The van der Waals surface area contributed by atoms with Crippen LogP contribution in [0.5, 0.6) is 0 Å². The van der Waals surface area contributed by atoms with E-state index in [2.05, 4.69) is 10.6 Å². The Labute approximate surface area is 197 Å². The van der Waals surface area contributed by atoms with Gasteiger partial charge in [-0.05, 0) is 31.0 Å². The number of rotatable bonds is 13. The summed E-state index contributed by atoms with van der Waals surface area (Å²) in [6.07, 6.45) is 1.97. The number of amides is 4. The number of benzene rings is 1. The maximum absolute atomic E-state index is 12.8. The van der Waals surface area contributed by atoms with Gasteiger partial charge in [-0.1, -0.05) is 13.3 Å². The van der Waals surface area contributed by atoms with E-state index in [-0.39, 0.29) is 37.2 Å². The predicted octanol–water partition coefficient (Wildman–Crippen LogP) is 0.876. The summed E-state index contributed by atoms with van der Waals surface area (Å²) in [4.78, 5) is 61.3. The molecule has 1 aromatic rings. The van der Waals surface area contributed by atoms with Crippen LogP contribution in [-0.4, -0.2) is 80.1 Å². The molecule has 2 N–H and O–H groups in total. The highest BCUT2D eigenvalue weighted by molar-refractivity contribution is 6.23. The van der Waals surface area contributed by atoms with Gasteiger partial charge in [0.1, 0.15) is 12.6 Å². The van der Waals surface area contributed by atoms with Gasteiger partial charge < -0.3 is 19.5 Å². The number of anilines is 1. The zero-order valence-electron chi connectivity index (χ0n) is 19.1. The highest BCUT2D eigenvalue weighted by Crippen LogP contribution is 2.29. The lowest BCUT2D eigenvalue weighted by atomic mass is 10.0. The van der Waals surface area contributed by atoms with Crippen LogP contribution in [0.1, 0.15) is 53.3 Å². The highest BCUT2D eigenvalue weighted by atomic mass is 16.6. The van der Waals surface area contributed by atoms with E-state index in [0.29, 0.717) is 32.1 Å². The first-order valence-electron chi connectivity index (χ1n) is 11.3. The number of piperidine rings is 1. The Morgan fingerprint density at radius 1 is 1.06 bits per heavy atom. The van der Waals surface area contributed by atoms with Crippen molar-refractivity contribution >= 4 is 35.3 Å². The number of nitrogens with one attached hydrogen (secondary N) is 2. The predicted molar refractivity (Wildman–Crippen MR) is 119 cm³/mol. The number of fused-ring (bicyclic) bond motifs is 1. The van der Waals surface area contributed by atoms with E-state index in [1.165, 1.54) is 6.07 Å². The zero-order chi connectivity index (χ0) is 24.5. The van der Waals surface area contributed by atoms with Gasteiger partial charge in [-0.3, -0.25) is 29.4 Å². The first-order chi connectivity index (χ1) is 16.4. The molecule has 1 atom stereocenters. The van der Waals surface area contributed by atoms with Crippen LogP contribution in [0.2, 0.25) is 0 Å². The molecule has 1 aromatic carbocycles. The lowest BCUT2D eigenvalue weighted by molar-refractivity contribution is -0.149. The standard InChI is InChI=1S/C23H29N3O8/c1-2-3-9-34-20(28)14-33-12-11-32-10-8-24-15-4-5-16-17(13-15)23(31)26(22(16)30)18-6-7-19(27)25-21(18)29/h4-5,13,18,24H,2-3,6-12,14H2,1H3,(H,25,27,29). The van der Waals surface area contributed by atoms with E-state index in [1.54, 1.807) is 12.1 Å². The molecule has 184 valence electrons. The SMILES string of the molecule is CCCCOC(=O)COCCOCCNc1ccc2c(c1)C(=O)N(C1CCC(=O)NC1=O)C2=O. The Kier molecular flexibility index (Phi) is 9.11. The average molecular weight is 475 g/mol. The van der Waals surface area contributed by atoms with E-state index >= 15 is 0 Å². The van der Waals surface area contributed by atoms with Gasteiger partial charge in [0.15, 0.2) is 0 Å². The molecule has 1 fully saturated rings. The number of carbonyl (C=O) groups is 5. The van der Waals surface area contributed by atoms with Gasteiger partial charge in [-0.15, -0.1) is 0 Å². The van der Waals surface area contributed by atoms with Crippen molar-refractivity contribution in [2.24, 2.45) is 0 Å². The number of nitrogens with zero attached hydrogens (tertiary/aromatic N) is 1. The molecule has 0 aliphatic carbocycles. The number of hydrogen-bond donors (Lipinski definition) is 2. The maximum Gasteiger partial charge on any atom is 0.332 e. The molecular weight excluding hydrogens is 446 g/mol. The molecule has 2 heterocycles. The van der Waals surface area contributed by atoms with Crippen LogP contribution in [-0.2, 0) is 28.6 Å². The Hall–Kier alpha value is -3.31. The number of unbranched alkanes of at least 4 members (excludes halogenated alkanes) is 1. The van der Waals surface area contributed by atoms with Crippen molar-refractivity contribution in [2.45, 2.75) is 38.6 Å². The first-order valence-corrected chi connectivity index (χ1v) is 11.3. The molecule has 2 aliphatic heterocycles. The molecule has 0 aromatic heterocycles. The molecular formula is C23H29N3O8. The fraction of sp³-hybridized carbons (Fsp3) is 0.522. The molecule has 1 saturated heterocycles. The molecule has 0 bridgehead atoms. The fourth-order valence-corrected chi connectivity index (χ4v) is 3.60. The summed E-state index contributed by atoms with van der Waals surface area (Å²) in [6, 6.07) is 3.79. The summed E-state index contributed by atoms with van der Waals surface area (Å²) in [7, 11) is 0. The minimum Gasteiger partial charge on any atom is -0.464 e. The lowest BCUT2D eigenvalue weighted by Gasteiger charge is -2.27. The van der Waals surface area contributed by atoms with Crippen LogP contribution in [0.25, 0.3) is 0 Å². The van der Waals surface area contributed by atoms with Crippen molar-refractivity contribution in [3.05, 3.63) is 29.3 Å². The third kappa shape index (κ3) is 6.39. The number of esters is 1. The molecule has 0 radical (unpaired) electrons. The van der Waals surface area contributed by atoms with Gasteiger partial charge >= 0.3 is 5.97 Å². The average Bonchev–Trinajstić information content (AvgIpc) is 3.05. The van der Waals surface area contributed by atoms with E-state index in [9.17, 15) is 24.0 Å². The van der Waals surface area contributed by atoms with Gasteiger partial charge in [0.2, 0.25) is 11.8 Å². The second-order valence-electron chi connectivity index (χ2n) is 7.87. The third-order valence-corrected chi connectivity index (χ3v) is 5.37. The molecule has 0 spiro atoms. The number of carbonyl (C=O) groups excluding carboxylic acids is 5. The summed E-state index contributed by atoms with van der Waals surface area (Å²) in [5.74, 6) is -2.55. The van der Waals surface area contributed by atoms with Crippen molar-refractivity contribution in [3.8, 4) is 0 Å². The maximum atomic E-state index is 12.8. The Morgan fingerprint density at radius 2 is 1.82 bits per heavy atom. The van der Waals surface area contributed by atoms with Crippen molar-refractivity contribution < 1.29 is 38.2 Å². The van der Waals surface area contributed by atoms with Gasteiger partial charge in [0.25, 0.3) is 11.8 Å². The number of hydrogen-bond acceptors (Lipinski definition) is 9. The summed E-state index contributed by atoms with van der Waals surface area (Å²) in [5.41, 5.74) is 1.06. The Balaban J connectivity index is 1.39. The van der Waals surface area contributed by atoms with Crippen molar-refractivity contribution in [2.75, 3.05) is 44.9 Å². The number of ether oxygens (including phenoxy) is 3. The monoisotopic (exact) mass is 475 g/mol. The summed E-state index contributed by atoms with van der Waals surface area (Å²) < 4.78 is 15.6. The lowest BCUT2D eigenvalue weighted by Crippen LogP contribution is -2.54. The zero-order valence-corrected chi connectivity index (χ0v) is 19.1. The van der Waals surface area contributed by atoms with Crippen LogP contribution in [0.4, 0.5) is 5.69 Å². The second-order valence-corrected chi connectivity index (χ2v) is 7.87. The van der Waals surface area contributed by atoms with Gasteiger partial charge in [-0.2, -0.15) is 0 Å². The van der Waals surface area contributed by atoms with E-state index in [0.717, 1.165) is 17.7 Å². The molecule has 11 heteroatoms. The molecule has 3 rings (SSSR count). The minimum absolute atomic E-state index is 0.0741. The molecule has 4 amide bonds. The third-order valence-electron chi connectivity index (χ3n) is 5.37. The summed E-state index contributed by atoms with van der Waals surface area (Å²) in [5, 5.41) is 5.28. The van der Waals surface area contributed by atoms with E-state index in [4.69, 9.17) is 14.2 Å². The Bertz CT molecular complexity index is 948. The summed E-state index contributed by atoms with van der Waals surface area (Å²) >= 11 is 0. The molecule has 1 unspecified atom stereocenters. The second kappa shape index (κ2) is 12.2. The quantitative estimate of drug-likeness (QED) is 0.242.